The number of amides is 1. The molecule has 0 radical (unpaired) electrons. The first-order valence-electron chi connectivity index (χ1n) is 9.73. The number of benzene rings is 2. The second-order valence-electron chi connectivity index (χ2n) is 8.37. The van der Waals surface area contributed by atoms with E-state index in [4.69, 9.17) is 14.0 Å². The first-order valence-corrected chi connectivity index (χ1v) is 9.73. The van der Waals surface area contributed by atoms with Crippen molar-refractivity contribution in [3.8, 4) is 0 Å². The topological polar surface area (TPSA) is 56.8 Å². The van der Waals surface area contributed by atoms with E-state index in [-0.39, 0.29) is 18.7 Å². The van der Waals surface area contributed by atoms with Gasteiger partial charge in [0.2, 0.25) is 0 Å². The molecule has 0 saturated carbocycles. The van der Waals surface area contributed by atoms with Gasteiger partial charge in [-0.1, -0.05) is 18.2 Å². The minimum absolute atomic E-state index is 0.0587. The van der Waals surface area contributed by atoms with Gasteiger partial charge >= 0.3 is 7.12 Å². The number of ether oxygens (including phenoxy) is 1. The van der Waals surface area contributed by atoms with Crippen LogP contribution in [0.25, 0.3) is 0 Å². The van der Waals surface area contributed by atoms with Crippen molar-refractivity contribution in [1.82, 2.24) is 5.32 Å². The Labute approximate surface area is 175 Å². The van der Waals surface area contributed by atoms with E-state index in [1.54, 1.807) is 12.1 Å². The van der Waals surface area contributed by atoms with E-state index in [2.05, 4.69) is 5.32 Å². The van der Waals surface area contributed by atoms with Gasteiger partial charge in [0.05, 0.1) is 23.4 Å². The summed E-state index contributed by atoms with van der Waals surface area (Å²) in [6, 6.07) is 8.79. The molecule has 30 heavy (non-hydrogen) atoms. The summed E-state index contributed by atoms with van der Waals surface area (Å²) in [5.41, 5.74) is 0.312. The highest BCUT2D eigenvalue weighted by atomic mass is 19.1. The molecule has 1 fully saturated rings. The van der Waals surface area contributed by atoms with Crippen molar-refractivity contribution in [1.29, 1.82) is 0 Å². The second kappa shape index (κ2) is 8.45. The summed E-state index contributed by atoms with van der Waals surface area (Å²) in [6.07, 6.45) is 0. The Balaban J connectivity index is 1.72. The first-order chi connectivity index (χ1) is 14.0. The van der Waals surface area contributed by atoms with Gasteiger partial charge in [-0.3, -0.25) is 4.79 Å². The molecular weight excluding hydrogens is 391 g/mol. The predicted molar refractivity (Wildman–Crippen MR) is 110 cm³/mol. The Bertz CT molecular complexity index is 933. The molecule has 0 aliphatic carbocycles. The molecule has 160 valence electrons. The fraction of sp³-hybridized carbons (Fsp3) is 0.409. The summed E-state index contributed by atoms with van der Waals surface area (Å²) in [5.74, 6) is -1.68. The maximum Gasteiger partial charge on any atom is 0.494 e. The SMILES string of the molecule is COCc1ccc(CNC(=O)c2cc(B3OC(C)(C)C(C)(C)O3)ccc2F)cc1F. The van der Waals surface area contributed by atoms with Crippen LogP contribution in [0.3, 0.4) is 0 Å². The van der Waals surface area contributed by atoms with E-state index < -0.39 is 35.9 Å². The second-order valence-corrected chi connectivity index (χ2v) is 8.37. The summed E-state index contributed by atoms with van der Waals surface area (Å²) < 4.78 is 45.2. The third-order valence-corrected chi connectivity index (χ3v) is 5.63. The van der Waals surface area contributed by atoms with Crippen molar-refractivity contribution in [2.24, 2.45) is 0 Å². The Kier molecular flexibility index (Phi) is 6.31. The molecule has 0 atom stereocenters. The molecule has 2 aromatic carbocycles. The van der Waals surface area contributed by atoms with Gasteiger partial charge in [0.15, 0.2) is 0 Å². The van der Waals surface area contributed by atoms with Crippen molar-refractivity contribution in [2.75, 3.05) is 7.11 Å². The van der Waals surface area contributed by atoms with E-state index in [1.807, 2.05) is 27.7 Å². The van der Waals surface area contributed by atoms with Crippen LogP contribution in [-0.4, -0.2) is 31.3 Å². The lowest BCUT2D eigenvalue weighted by atomic mass is 9.78. The minimum Gasteiger partial charge on any atom is -0.399 e. The zero-order chi connectivity index (χ0) is 22.1. The van der Waals surface area contributed by atoms with Gasteiger partial charge in [-0.2, -0.15) is 0 Å². The number of halogens is 2. The molecule has 1 saturated heterocycles. The number of rotatable bonds is 6. The van der Waals surface area contributed by atoms with E-state index >= 15 is 0 Å². The normalized spacial score (nSPS) is 17.2. The number of carbonyl (C=O) groups is 1. The van der Waals surface area contributed by atoms with E-state index in [0.717, 1.165) is 0 Å². The average Bonchev–Trinajstić information content (AvgIpc) is 2.89. The Morgan fingerprint density at radius 1 is 1.03 bits per heavy atom. The van der Waals surface area contributed by atoms with Gasteiger partial charge in [-0.15, -0.1) is 0 Å². The molecule has 1 aliphatic heterocycles. The molecule has 2 aromatic rings. The van der Waals surface area contributed by atoms with Crippen LogP contribution in [0.4, 0.5) is 8.78 Å². The Morgan fingerprint density at radius 3 is 2.30 bits per heavy atom. The van der Waals surface area contributed by atoms with Gasteiger partial charge in [-0.05, 0) is 56.9 Å². The smallest absolute Gasteiger partial charge is 0.399 e. The highest BCUT2D eigenvalue weighted by Crippen LogP contribution is 2.36. The van der Waals surface area contributed by atoms with Gasteiger partial charge < -0.3 is 19.4 Å². The highest BCUT2D eigenvalue weighted by Gasteiger charge is 2.51. The van der Waals surface area contributed by atoms with E-state index in [9.17, 15) is 13.6 Å². The van der Waals surface area contributed by atoms with E-state index in [1.165, 1.54) is 31.4 Å². The van der Waals surface area contributed by atoms with Gasteiger partial charge in [0, 0.05) is 19.2 Å². The van der Waals surface area contributed by atoms with Crippen LogP contribution in [0.1, 0.15) is 49.2 Å². The number of methoxy groups -OCH3 is 1. The van der Waals surface area contributed by atoms with Gasteiger partial charge in [0.1, 0.15) is 11.6 Å². The zero-order valence-electron chi connectivity index (χ0n) is 17.8. The minimum atomic E-state index is -0.704. The molecular formula is C22H26BF2NO4. The van der Waals surface area contributed by atoms with Crippen molar-refractivity contribution in [2.45, 2.75) is 52.0 Å². The summed E-state index contributed by atoms with van der Waals surface area (Å²) in [5, 5.41) is 2.63. The molecule has 1 N–H and O–H groups in total. The number of hydrogen-bond acceptors (Lipinski definition) is 4. The van der Waals surface area contributed by atoms with Crippen LogP contribution >= 0.6 is 0 Å². The maximum absolute atomic E-state index is 14.3. The fourth-order valence-electron chi connectivity index (χ4n) is 3.09. The summed E-state index contributed by atoms with van der Waals surface area (Å²) in [6.45, 7) is 7.89. The summed E-state index contributed by atoms with van der Waals surface area (Å²) in [4.78, 5) is 12.6. The lowest BCUT2D eigenvalue weighted by Gasteiger charge is -2.32. The molecule has 8 heteroatoms. The average molecular weight is 417 g/mol. The van der Waals surface area contributed by atoms with Crippen LogP contribution in [0, 0.1) is 11.6 Å². The Hall–Kier alpha value is -2.29. The molecule has 0 bridgehead atoms. The molecule has 3 rings (SSSR count). The van der Waals surface area contributed by atoms with Crippen molar-refractivity contribution in [3.05, 3.63) is 64.7 Å². The van der Waals surface area contributed by atoms with Crippen LogP contribution < -0.4 is 10.8 Å². The van der Waals surface area contributed by atoms with Gasteiger partial charge in [0.25, 0.3) is 5.91 Å². The third kappa shape index (κ3) is 4.56. The standard InChI is InChI=1S/C22H26BF2NO4/c1-21(2)22(3,4)30-23(29-21)16-8-9-18(24)17(11-16)20(27)26-12-14-6-7-15(13-28-5)19(25)10-14/h6-11H,12-13H2,1-5H3,(H,26,27). The summed E-state index contributed by atoms with van der Waals surface area (Å²) in [7, 11) is 0.782. The molecule has 0 spiro atoms. The van der Waals surface area contributed by atoms with Crippen molar-refractivity contribution in [3.63, 3.8) is 0 Å². The maximum atomic E-state index is 14.3. The van der Waals surface area contributed by atoms with Crippen LogP contribution in [0.15, 0.2) is 36.4 Å². The third-order valence-electron chi connectivity index (χ3n) is 5.63. The number of carbonyl (C=O) groups excluding carboxylic acids is 1. The molecule has 5 nitrogen and oxygen atoms in total. The molecule has 1 amide bonds. The first kappa shape index (κ1) is 22.4. The number of hydrogen-bond donors (Lipinski definition) is 1. The van der Waals surface area contributed by atoms with E-state index in [0.29, 0.717) is 16.6 Å². The highest BCUT2D eigenvalue weighted by molar-refractivity contribution is 6.62. The lowest BCUT2D eigenvalue weighted by molar-refractivity contribution is 0.00578. The quantitative estimate of drug-likeness (QED) is 0.733. The van der Waals surface area contributed by atoms with Crippen molar-refractivity contribution < 1.29 is 27.6 Å². The lowest BCUT2D eigenvalue weighted by Crippen LogP contribution is -2.41. The fourth-order valence-corrected chi connectivity index (χ4v) is 3.09. The molecule has 1 aliphatic rings. The number of nitrogens with one attached hydrogen (secondary N) is 1. The summed E-state index contributed by atoms with van der Waals surface area (Å²) >= 11 is 0. The zero-order valence-corrected chi connectivity index (χ0v) is 17.8. The molecule has 1 heterocycles. The van der Waals surface area contributed by atoms with Crippen LogP contribution in [0.5, 0.6) is 0 Å². The largest absolute Gasteiger partial charge is 0.494 e. The van der Waals surface area contributed by atoms with Gasteiger partial charge in [-0.25, -0.2) is 8.78 Å². The monoisotopic (exact) mass is 417 g/mol. The van der Waals surface area contributed by atoms with Crippen LogP contribution in [-0.2, 0) is 27.2 Å². The predicted octanol–water partition coefficient (Wildman–Crippen LogP) is 3.34. The molecule has 0 unspecified atom stereocenters. The van der Waals surface area contributed by atoms with Crippen molar-refractivity contribution >= 4 is 18.5 Å². The Morgan fingerprint density at radius 2 is 1.70 bits per heavy atom. The van der Waals surface area contributed by atoms with Crippen LogP contribution in [0.2, 0.25) is 0 Å². The molecule has 0 aromatic heterocycles.